The number of unbranched alkanes of at least 4 members (excludes halogenated alkanes) is 32. The zero-order chi connectivity index (χ0) is 47.2. The first-order valence-electron chi connectivity index (χ1n) is 28.1. The summed E-state index contributed by atoms with van der Waals surface area (Å²) in [6.07, 6.45) is 65.2. The summed E-state index contributed by atoms with van der Waals surface area (Å²) in [4.78, 5) is 38.1. The Bertz CT molecular complexity index is 1140. The van der Waals surface area contributed by atoms with E-state index in [1.807, 2.05) is 0 Å². The molecular weight excluding hydrogens is 805 g/mol. The van der Waals surface area contributed by atoms with Crippen molar-refractivity contribution in [3.05, 3.63) is 48.6 Å². The van der Waals surface area contributed by atoms with Gasteiger partial charge in [-0.1, -0.05) is 217 Å². The number of hydrogen-bond acceptors (Lipinski definition) is 6. The number of carbonyl (C=O) groups excluding carboxylic acids is 3. The maximum absolute atomic E-state index is 12.8. The minimum absolute atomic E-state index is 0.0787. The summed E-state index contributed by atoms with van der Waals surface area (Å²) in [5, 5.41) is 0. The van der Waals surface area contributed by atoms with Crippen LogP contribution in [-0.4, -0.2) is 37.2 Å². The third kappa shape index (κ3) is 52.2. The van der Waals surface area contributed by atoms with Crippen LogP contribution in [0.5, 0.6) is 0 Å². The van der Waals surface area contributed by atoms with E-state index in [9.17, 15) is 14.4 Å². The lowest BCUT2D eigenvalue weighted by Gasteiger charge is -2.18. The highest BCUT2D eigenvalue weighted by molar-refractivity contribution is 5.71. The molecular formula is C59H106O6. The molecule has 378 valence electrons. The van der Waals surface area contributed by atoms with Crippen molar-refractivity contribution in [3.63, 3.8) is 0 Å². The number of rotatable bonds is 51. The largest absolute Gasteiger partial charge is 0.462 e. The van der Waals surface area contributed by atoms with Gasteiger partial charge in [-0.25, -0.2) is 0 Å². The van der Waals surface area contributed by atoms with Crippen molar-refractivity contribution in [2.45, 2.75) is 297 Å². The van der Waals surface area contributed by atoms with E-state index in [2.05, 4.69) is 69.4 Å². The molecule has 65 heavy (non-hydrogen) atoms. The second-order valence-corrected chi connectivity index (χ2v) is 18.8. The second kappa shape index (κ2) is 54.0. The first kappa shape index (κ1) is 62.4. The van der Waals surface area contributed by atoms with Crippen molar-refractivity contribution in [2.75, 3.05) is 13.2 Å². The van der Waals surface area contributed by atoms with Crippen LogP contribution in [0.4, 0.5) is 0 Å². The van der Waals surface area contributed by atoms with Gasteiger partial charge in [0, 0.05) is 19.3 Å². The molecule has 0 fully saturated rings. The summed E-state index contributed by atoms with van der Waals surface area (Å²) in [7, 11) is 0. The molecule has 0 saturated heterocycles. The van der Waals surface area contributed by atoms with Gasteiger partial charge in [-0.2, -0.15) is 0 Å². The van der Waals surface area contributed by atoms with E-state index in [1.54, 1.807) is 0 Å². The van der Waals surface area contributed by atoms with E-state index in [0.717, 1.165) is 77.0 Å². The minimum Gasteiger partial charge on any atom is -0.462 e. The maximum Gasteiger partial charge on any atom is 0.306 e. The molecule has 0 aliphatic rings. The zero-order valence-corrected chi connectivity index (χ0v) is 43.3. The van der Waals surface area contributed by atoms with Gasteiger partial charge >= 0.3 is 17.9 Å². The third-order valence-corrected chi connectivity index (χ3v) is 12.3. The summed E-state index contributed by atoms with van der Waals surface area (Å²) >= 11 is 0. The molecule has 0 aliphatic carbocycles. The lowest BCUT2D eigenvalue weighted by molar-refractivity contribution is -0.167. The van der Waals surface area contributed by atoms with Crippen LogP contribution in [0.25, 0.3) is 0 Å². The highest BCUT2D eigenvalue weighted by atomic mass is 16.6. The van der Waals surface area contributed by atoms with Crippen LogP contribution in [0.3, 0.4) is 0 Å². The number of hydrogen-bond donors (Lipinski definition) is 0. The van der Waals surface area contributed by atoms with Gasteiger partial charge in [0.05, 0.1) is 0 Å². The first-order valence-corrected chi connectivity index (χ1v) is 28.1. The van der Waals surface area contributed by atoms with Crippen LogP contribution in [0, 0.1) is 0 Å². The normalized spacial score (nSPS) is 12.4. The average molecular weight is 911 g/mol. The van der Waals surface area contributed by atoms with Gasteiger partial charge in [0.15, 0.2) is 6.10 Å². The second-order valence-electron chi connectivity index (χ2n) is 18.8. The van der Waals surface area contributed by atoms with Crippen LogP contribution >= 0.6 is 0 Å². The van der Waals surface area contributed by atoms with Crippen molar-refractivity contribution in [3.8, 4) is 0 Å². The average Bonchev–Trinajstić information content (AvgIpc) is 3.30. The molecule has 0 aromatic rings. The Balaban J connectivity index is 4.35. The molecule has 0 rings (SSSR count). The summed E-state index contributed by atoms with van der Waals surface area (Å²) in [5.74, 6) is -0.885. The molecule has 0 amide bonds. The SMILES string of the molecule is CCCCC/C=C\C/C=C\CCCCCCCCCCCC(=O)OC[C@H](COC(=O)CCCCCCCCC/C=C\CCCCCC)OC(=O)CCCCCCC/C=C\CCCCCC. The molecule has 6 heteroatoms. The Kier molecular flexibility index (Phi) is 51.8. The van der Waals surface area contributed by atoms with Crippen LogP contribution in [-0.2, 0) is 28.6 Å². The fourth-order valence-electron chi connectivity index (χ4n) is 7.99. The quantitative estimate of drug-likeness (QED) is 0.0262. The number of carbonyl (C=O) groups is 3. The van der Waals surface area contributed by atoms with Crippen molar-refractivity contribution < 1.29 is 28.6 Å². The Morgan fingerprint density at radius 3 is 0.892 bits per heavy atom. The molecule has 0 radical (unpaired) electrons. The lowest BCUT2D eigenvalue weighted by atomic mass is 10.1. The number of ether oxygens (including phenoxy) is 3. The molecule has 0 N–H and O–H groups in total. The predicted molar refractivity (Wildman–Crippen MR) is 279 cm³/mol. The van der Waals surface area contributed by atoms with E-state index < -0.39 is 6.10 Å². The van der Waals surface area contributed by atoms with Crippen molar-refractivity contribution in [2.24, 2.45) is 0 Å². The van der Waals surface area contributed by atoms with Gasteiger partial charge in [0.25, 0.3) is 0 Å². The first-order chi connectivity index (χ1) is 32.0. The summed E-state index contributed by atoms with van der Waals surface area (Å²) < 4.78 is 16.8. The molecule has 0 unspecified atom stereocenters. The standard InChI is InChI=1S/C59H106O6/c1-4-7-10-13-16-19-22-25-27-28-29-30-32-35-37-40-43-46-49-52-58(61)64-55-56(65-59(62)53-50-47-44-41-38-33-24-21-18-15-12-9-6-3)54-63-57(60)51-48-45-42-39-36-34-31-26-23-20-17-14-11-8-5-2/h16,19-21,23-25,27,56H,4-15,17-18,22,26,28-55H2,1-3H3/b19-16-,23-20-,24-21-,27-25-/t56-/m0/s1. The maximum atomic E-state index is 12.8. The molecule has 0 bridgehead atoms. The van der Waals surface area contributed by atoms with E-state index in [4.69, 9.17) is 14.2 Å². The smallest absolute Gasteiger partial charge is 0.306 e. The van der Waals surface area contributed by atoms with Gasteiger partial charge < -0.3 is 14.2 Å². The Morgan fingerprint density at radius 1 is 0.308 bits per heavy atom. The fraction of sp³-hybridized carbons (Fsp3) is 0.814. The number of esters is 3. The van der Waals surface area contributed by atoms with E-state index in [-0.39, 0.29) is 31.1 Å². The minimum atomic E-state index is -0.779. The lowest BCUT2D eigenvalue weighted by Crippen LogP contribution is -2.30. The van der Waals surface area contributed by atoms with Gasteiger partial charge in [0.2, 0.25) is 0 Å². The highest BCUT2D eigenvalue weighted by Crippen LogP contribution is 2.15. The van der Waals surface area contributed by atoms with Gasteiger partial charge in [-0.15, -0.1) is 0 Å². The van der Waals surface area contributed by atoms with Gasteiger partial charge in [0.1, 0.15) is 13.2 Å². The monoisotopic (exact) mass is 911 g/mol. The van der Waals surface area contributed by atoms with E-state index in [0.29, 0.717) is 19.3 Å². The van der Waals surface area contributed by atoms with Gasteiger partial charge in [-0.05, 0) is 103 Å². The molecule has 0 heterocycles. The molecule has 0 saturated carbocycles. The zero-order valence-electron chi connectivity index (χ0n) is 43.3. The van der Waals surface area contributed by atoms with Gasteiger partial charge in [-0.3, -0.25) is 14.4 Å². The van der Waals surface area contributed by atoms with E-state index in [1.165, 1.54) is 173 Å². The van der Waals surface area contributed by atoms with Crippen LogP contribution in [0.15, 0.2) is 48.6 Å². The molecule has 0 aliphatic heterocycles. The van der Waals surface area contributed by atoms with E-state index >= 15 is 0 Å². The van der Waals surface area contributed by atoms with Crippen LogP contribution < -0.4 is 0 Å². The Labute approximate surface area is 403 Å². The Hall–Kier alpha value is -2.63. The summed E-state index contributed by atoms with van der Waals surface area (Å²) in [5.41, 5.74) is 0. The molecule has 0 aromatic heterocycles. The molecule has 1 atom stereocenters. The molecule has 6 nitrogen and oxygen atoms in total. The topological polar surface area (TPSA) is 78.9 Å². The van der Waals surface area contributed by atoms with Crippen molar-refractivity contribution >= 4 is 17.9 Å². The molecule has 0 spiro atoms. The number of allylic oxidation sites excluding steroid dienone is 8. The summed E-state index contributed by atoms with van der Waals surface area (Å²) in [6, 6.07) is 0. The highest BCUT2D eigenvalue weighted by Gasteiger charge is 2.19. The fourth-order valence-corrected chi connectivity index (χ4v) is 7.99. The third-order valence-electron chi connectivity index (χ3n) is 12.3. The van der Waals surface area contributed by atoms with Crippen molar-refractivity contribution in [1.29, 1.82) is 0 Å². The summed E-state index contributed by atoms with van der Waals surface area (Å²) in [6.45, 7) is 6.60. The predicted octanol–water partition coefficient (Wildman–Crippen LogP) is 18.7. The molecule has 0 aromatic carbocycles. The van der Waals surface area contributed by atoms with Crippen LogP contribution in [0.2, 0.25) is 0 Å². The van der Waals surface area contributed by atoms with Crippen molar-refractivity contribution in [1.82, 2.24) is 0 Å². The van der Waals surface area contributed by atoms with Crippen LogP contribution in [0.1, 0.15) is 290 Å². The Morgan fingerprint density at radius 2 is 0.554 bits per heavy atom.